The van der Waals surface area contributed by atoms with Crippen LogP contribution in [0.5, 0.6) is 0 Å². The van der Waals surface area contributed by atoms with Crippen LogP contribution in [0.4, 0.5) is 17.6 Å². The molecular formula is C17H24N8O. The van der Waals surface area contributed by atoms with Crippen LogP contribution >= 0.6 is 0 Å². The van der Waals surface area contributed by atoms with E-state index in [2.05, 4.69) is 42.8 Å². The van der Waals surface area contributed by atoms with Gasteiger partial charge in [-0.05, 0) is 38.7 Å². The lowest BCUT2D eigenvalue weighted by molar-refractivity contribution is 0.156. The summed E-state index contributed by atoms with van der Waals surface area (Å²) in [5.74, 6) is 2.65. The highest BCUT2D eigenvalue weighted by atomic mass is 16.5. The van der Waals surface area contributed by atoms with Gasteiger partial charge in [-0.25, -0.2) is 4.68 Å². The second kappa shape index (κ2) is 6.91. The van der Waals surface area contributed by atoms with Gasteiger partial charge in [0.2, 0.25) is 5.95 Å². The highest BCUT2D eigenvalue weighted by Crippen LogP contribution is 2.34. The van der Waals surface area contributed by atoms with E-state index in [0.29, 0.717) is 24.4 Å². The molecule has 9 nitrogen and oxygen atoms in total. The molecule has 0 spiro atoms. The molecule has 1 aliphatic carbocycles. The molecule has 0 bridgehead atoms. The number of H-pyrrole nitrogens is 1. The smallest absolute Gasteiger partial charge is 0.232 e. The largest absolute Gasteiger partial charge is 0.382 e. The Morgan fingerprint density at radius 3 is 2.96 bits per heavy atom. The average Bonchev–Trinajstić information content (AvgIpc) is 3.18. The van der Waals surface area contributed by atoms with E-state index in [1.807, 2.05) is 25.4 Å². The van der Waals surface area contributed by atoms with Crippen molar-refractivity contribution in [1.29, 1.82) is 0 Å². The Kier molecular flexibility index (Phi) is 4.46. The van der Waals surface area contributed by atoms with E-state index in [4.69, 9.17) is 4.74 Å². The second-order valence-electron chi connectivity index (χ2n) is 6.92. The molecule has 26 heavy (non-hydrogen) atoms. The molecule has 0 radical (unpaired) electrons. The highest BCUT2D eigenvalue weighted by molar-refractivity contribution is 5.88. The Morgan fingerprint density at radius 1 is 1.35 bits per heavy atom. The van der Waals surface area contributed by atoms with Crippen LogP contribution in [0, 0.1) is 5.92 Å². The molecule has 9 heteroatoms. The molecule has 0 amide bonds. The zero-order chi connectivity index (χ0) is 18.1. The number of rotatable bonds is 8. The van der Waals surface area contributed by atoms with Crippen LogP contribution in [-0.4, -0.2) is 49.7 Å². The van der Waals surface area contributed by atoms with Crippen LogP contribution < -0.4 is 10.6 Å². The molecule has 4 rings (SSSR count). The molecule has 1 aliphatic rings. The summed E-state index contributed by atoms with van der Waals surface area (Å²) in [4.78, 5) is 12.3. The van der Waals surface area contributed by atoms with Gasteiger partial charge in [-0.1, -0.05) is 5.21 Å². The Morgan fingerprint density at radius 2 is 2.19 bits per heavy atom. The third-order valence-electron chi connectivity index (χ3n) is 4.72. The summed E-state index contributed by atoms with van der Waals surface area (Å²) in [6, 6.07) is 2.49. The van der Waals surface area contributed by atoms with Crippen molar-refractivity contribution in [3.05, 3.63) is 18.5 Å². The van der Waals surface area contributed by atoms with Gasteiger partial charge in [0.15, 0.2) is 5.82 Å². The van der Waals surface area contributed by atoms with E-state index >= 15 is 0 Å². The number of ether oxygens (including phenoxy) is 1. The van der Waals surface area contributed by atoms with Crippen LogP contribution in [0.3, 0.4) is 0 Å². The average molecular weight is 356 g/mol. The minimum absolute atomic E-state index is 0.103. The van der Waals surface area contributed by atoms with Crippen LogP contribution in [0.2, 0.25) is 0 Å². The first-order valence-electron chi connectivity index (χ1n) is 8.93. The van der Waals surface area contributed by atoms with Crippen molar-refractivity contribution in [1.82, 2.24) is 29.9 Å². The van der Waals surface area contributed by atoms with E-state index in [9.17, 15) is 0 Å². The number of aromatic amines is 1. The van der Waals surface area contributed by atoms with Gasteiger partial charge < -0.3 is 20.4 Å². The maximum atomic E-state index is 5.16. The predicted octanol–water partition coefficient (Wildman–Crippen LogP) is 2.71. The fourth-order valence-electron chi connectivity index (χ4n) is 3.02. The molecule has 3 aromatic heterocycles. The first-order valence-corrected chi connectivity index (χ1v) is 8.93. The first-order chi connectivity index (χ1) is 12.6. The maximum absolute atomic E-state index is 5.16. The van der Waals surface area contributed by atoms with Crippen molar-refractivity contribution in [2.24, 2.45) is 5.92 Å². The lowest BCUT2D eigenvalue weighted by atomic mass is 10.2. The van der Waals surface area contributed by atoms with Crippen molar-refractivity contribution in [2.45, 2.75) is 38.8 Å². The van der Waals surface area contributed by atoms with Crippen LogP contribution in [0.25, 0.3) is 11.0 Å². The van der Waals surface area contributed by atoms with Gasteiger partial charge in [-0.2, -0.15) is 9.97 Å². The topological polar surface area (TPSA) is 106 Å². The zero-order valence-corrected chi connectivity index (χ0v) is 15.2. The third-order valence-corrected chi connectivity index (χ3v) is 4.72. The van der Waals surface area contributed by atoms with Crippen LogP contribution in [0.15, 0.2) is 18.5 Å². The minimum Gasteiger partial charge on any atom is -0.382 e. The molecule has 3 N–H and O–H groups in total. The zero-order valence-electron chi connectivity index (χ0n) is 15.2. The summed E-state index contributed by atoms with van der Waals surface area (Å²) < 4.78 is 6.91. The molecule has 2 atom stereocenters. The number of hydrogen-bond donors (Lipinski definition) is 3. The molecule has 138 valence electrons. The lowest BCUT2D eigenvalue weighted by Gasteiger charge is -2.15. The number of nitrogens with one attached hydrogen (secondary N) is 3. The van der Waals surface area contributed by atoms with Crippen molar-refractivity contribution in [2.75, 3.05) is 24.4 Å². The van der Waals surface area contributed by atoms with Gasteiger partial charge in [-0.15, -0.1) is 5.10 Å². The number of methoxy groups -OCH3 is 1. The second-order valence-corrected chi connectivity index (χ2v) is 6.92. The van der Waals surface area contributed by atoms with Crippen LogP contribution in [-0.2, 0) is 4.74 Å². The molecule has 3 heterocycles. The van der Waals surface area contributed by atoms with E-state index in [1.54, 1.807) is 11.8 Å². The van der Waals surface area contributed by atoms with Gasteiger partial charge in [0.1, 0.15) is 11.5 Å². The lowest BCUT2D eigenvalue weighted by Crippen LogP contribution is -2.18. The number of anilines is 3. The quantitative estimate of drug-likeness (QED) is 0.570. The van der Waals surface area contributed by atoms with Crippen molar-refractivity contribution < 1.29 is 4.74 Å². The van der Waals surface area contributed by atoms with E-state index in [0.717, 1.165) is 22.8 Å². The summed E-state index contributed by atoms with van der Waals surface area (Å²) in [5.41, 5.74) is 0.785. The summed E-state index contributed by atoms with van der Waals surface area (Å²) in [7, 11) is 1.67. The number of aromatic nitrogens is 6. The SMILES string of the molecule is COCC(C)n1cc(Nc2nc(N[C@@H](C)C3CC3)c3cc[nH]c3n2)nn1. The van der Waals surface area contributed by atoms with E-state index in [-0.39, 0.29) is 6.04 Å². The Bertz CT molecular complexity index is 884. The monoisotopic (exact) mass is 356 g/mol. The Hall–Kier alpha value is -2.68. The molecule has 3 aromatic rings. The summed E-state index contributed by atoms with van der Waals surface area (Å²) in [6.45, 7) is 4.79. The molecule has 1 fully saturated rings. The van der Waals surface area contributed by atoms with Crippen molar-refractivity contribution in [3.8, 4) is 0 Å². The fourth-order valence-corrected chi connectivity index (χ4v) is 3.02. The van der Waals surface area contributed by atoms with Gasteiger partial charge in [0, 0.05) is 19.3 Å². The molecule has 0 aromatic carbocycles. The normalized spacial score (nSPS) is 16.6. The molecule has 1 unspecified atom stereocenters. The van der Waals surface area contributed by atoms with Gasteiger partial charge >= 0.3 is 0 Å². The standard InChI is InChI=1S/C17H24N8O/c1-10(9-26-3)25-8-14(23-24-25)20-17-21-15-13(6-7-18-15)16(22-17)19-11(2)12-4-5-12/h6-8,10-12H,4-5,9H2,1-3H3,(H3,18,19,20,21,22)/t10?,11-/m0/s1. The van der Waals surface area contributed by atoms with Crippen molar-refractivity contribution >= 4 is 28.6 Å². The summed E-state index contributed by atoms with van der Waals surface area (Å²) in [5, 5.41) is 15.9. The number of nitrogens with zero attached hydrogens (tertiary/aromatic N) is 5. The summed E-state index contributed by atoms with van der Waals surface area (Å²) in [6.07, 6.45) is 6.26. The fraction of sp³-hybridized carbons (Fsp3) is 0.529. The predicted molar refractivity (Wildman–Crippen MR) is 99.6 cm³/mol. The van der Waals surface area contributed by atoms with Crippen molar-refractivity contribution in [3.63, 3.8) is 0 Å². The third kappa shape index (κ3) is 3.48. The van der Waals surface area contributed by atoms with Crippen LogP contribution in [0.1, 0.15) is 32.7 Å². The minimum atomic E-state index is 0.103. The first kappa shape index (κ1) is 16.8. The number of hydrogen-bond acceptors (Lipinski definition) is 7. The maximum Gasteiger partial charge on any atom is 0.232 e. The Balaban J connectivity index is 1.56. The Labute approximate surface area is 151 Å². The molecule has 0 aliphatic heterocycles. The van der Waals surface area contributed by atoms with Gasteiger partial charge in [0.05, 0.1) is 24.2 Å². The molecular weight excluding hydrogens is 332 g/mol. The summed E-state index contributed by atoms with van der Waals surface area (Å²) >= 11 is 0. The molecule has 1 saturated carbocycles. The van der Waals surface area contributed by atoms with Gasteiger partial charge in [0.25, 0.3) is 0 Å². The number of fused-ring (bicyclic) bond motifs is 1. The highest BCUT2D eigenvalue weighted by Gasteiger charge is 2.28. The van der Waals surface area contributed by atoms with Gasteiger partial charge in [-0.3, -0.25) is 0 Å². The van der Waals surface area contributed by atoms with E-state index in [1.165, 1.54) is 12.8 Å². The molecule has 0 saturated heterocycles. The van der Waals surface area contributed by atoms with E-state index < -0.39 is 0 Å².